The van der Waals surface area contributed by atoms with Crippen LogP contribution in [0.5, 0.6) is 5.75 Å². The van der Waals surface area contributed by atoms with Gasteiger partial charge in [-0.1, -0.05) is 30.3 Å². The topological polar surface area (TPSA) is 29.5 Å². The van der Waals surface area contributed by atoms with Gasteiger partial charge in [-0.3, -0.25) is 4.79 Å². The number of hydrogen-bond acceptors (Lipinski definition) is 3. The van der Waals surface area contributed by atoms with Gasteiger partial charge in [0, 0.05) is 24.2 Å². The van der Waals surface area contributed by atoms with Crippen molar-refractivity contribution in [1.82, 2.24) is 0 Å². The highest BCUT2D eigenvalue weighted by molar-refractivity contribution is 6.09. The fourth-order valence-electron chi connectivity index (χ4n) is 2.90. The Hall–Kier alpha value is -2.29. The van der Waals surface area contributed by atoms with Crippen LogP contribution in [0.1, 0.15) is 35.7 Å². The molecule has 2 aromatic carbocycles. The maximum absolute atomic E-state index is 12.6. The van der Waals surface area contributed by atoms with Crippen LogP contribution in [0.3, 0.4) is 0 Å². The maximum Gasteiger partial charge on any atom is 0.193 e. The SMILES string of the molecule is CCOc1ccc(C(=O)c2ccccc2)cc1N1CCCC1. The zero-order valence-electron chi connectivity index (χ0n) is 12.9. The molecule has 114 valence electrons. The predicted octanol–water partition coefficient (Wildman–Crippen LogP) is 3.92. The molecule has 0 bridgehead atoms. The molecule has 1 fully saturated rings. The number of nitrogens with zero attached hydrogens (tertiary/aromatic N) is 1. The summed E-state index contributed by atoms with van der Waals surface area (Å²) in [5, 5.41) is 0. The van der Waals surface area contributed by atoms with Crippen molar-refractivity contribution in [2.24, 2.45) is 0 Å². The van der Waals surface area contributed by atoms with E-state index in [1.807, 2.05) is 55.5 Å². The third-order valence-corrected chi connectivity index (χ3v) is 4.00. The van der Waals surface area contributed by atoms with E-state index in [4.69, 9.17) is 4.74 Å². The summed E-state index contributed by atoms with van der Waals surface area (Å²) >= 11 is 0. The lowest BCUT2D eigenvalue weighted by molar-refractivity contribution is 0.103. The van der Waals surface area contributed by atoms with E-state index in [0.717, 1.165) is 35.7 Å². The standard InChI is InChI=1S/C19H21NO2/c1-2-22-18-11-10-16(14-17(18)20-12-6-7-13-20)19(21)15-8-4-3-5-9-15/h3-5,8-11,14H,2,6-7,12-13H2,1H3. The Balaban J connectivity index is 1.95. The Labute approximate surface area is 131 Å². The summed E-state index contributed by atoms with van der Waals surface area (Å²) in [6.45, 7) is 4.68. The van der Waals surface area contributed by atoms with Crippen LogP contribution in [-0.2, 0) is 0 Å². The van der Waals surface area contributed by atoms with Gasteiger partial charge in [0.15, 0.2) is 5.78 Å². The highest BCUT2D eigenvalue weighted by Crippen LogP contribution is 2.32. The molecule has 3 rings (SSSR count). The Morgan fingerprint density at radius 3 is 2.45 bits per heavy atom. The number of ketones is 1. The van der Waals surface area contributed by atoms with E-state index >= 15 is 0 Å². The summed E-state index contributed by atoms with van der Waals surface area (Å²) in [6.07, 6.45) is 2.39. The van der Waals surface area contributed by atoms with Gasteiger partial charge in [0.05, 0.1) is 12.3 Å². The van der Waals surface area contributed by atoms with Crippen LogP contribution in [0.15, 0.2) is 48.5 Å². The Morgan fingerprint density at radius 1 is 1.05 bits per heavy atom. The van der Waals surface area contributed by atoms with Gasteiger partial charge in [-0.2, -0.15) is 0 Å². The third-order valence-electron chi connectivity index (χ3n) is 4.00. The maximum atomic E-state index is 12.6. The van der Waals surface area contributed by atoms with Gasteiger partial charge in [-0.15, -0.1) is 0 Å². The van der Waals surface area contributed by atoms with Crippen molar-refractivity contribution in [2.75, 3.05) is 24.6 Å². The van der Waals surface area contributed by atoms with Crippen LogP contribution < -0.4 is 9.64 Å². The lowest BCUT2D eigenvalue weighted by Gasteiger charge is -2.22. The summed E-state index contributed by atoms with van der Waals surface area (Å²) in [5.74, 6) is 0.929. The smallest absolute Gasteiger partial charge is 0.193 e. The van der Waals surface area contributed by atoms with Crippen molar-refractivity contribution < 1.29 is 9.53 Å². The molecule has 0 aliphatic carbocycles. The second-order valence-corrected chi connectivity index (χ2v) is 5.50. The lowest BCUT2D eigenvalue weighted by Crippen LogP contribution is -2.19. The highest BCUT2D eigenvalue weighted by atomic mass is 16.5. The number of anilines is 1. The first-order valence-corrected chi connectivity index (χ1v) is 7.91. The van der Waals surface area contributed by atoms with E-state index in [1.165, 1.54) is 12.8 Å². The first-order chi connectivity index (χ1) is 10.8. The minimum Gasteiger partial charge on any atom is -0.492 e. The third kappa shape index (κ3) is 2.98. The van der Waals surface area contributed by atoms with E-state index in [-0.39, 0.29) is 5.78 Å². The van der Waals surface area contributed by atoms with E-state index in [9.17, 15) is 4.79 Å². The van der Waals surface area contributed by atoms with Gasteiger partial charge in [0.1, 0.15) is 5.75 Å². The van der Waals surface area contributed by atoms with Crippen molar-refractivity contribution >= 4 is 11.5 Å². The minimum absolute atomic E-state index is 0.0593. The second-order valence-electron chi connectivity index (χ2n) is 5.50. The molecule has 0 N–H and O–H groups in total. The summed E-state index contributed by atoms with van der Waals surface area (Å²) in [7, 11) is 0. The van der Waals surface area contributed by atoms with Crippen LogP contribution in [0.2, 0.25) is 0 Å². The number of ether oxygens (including phenoxy) is 1. The molecule has 3 nitrogen and oxygen atoms in total. The highest BCUT2D eigenvalue weighted by Gasteiger charge is 2.19. The van der Waals surface area contributed by atoms with Crippen molar-refractivity contribution in [3.05, 3.63) is 59.7 Å². The Bertz CT molecular complexity index is 646. The monoisotopic (exact) mass is 295 g/mol. The summed E-state index contributed by atoms with van der Waals surface area (Å²) < 4.78 is 5.74. The molecule has 0 saturated carbocycles. The van der Waals surface area contributed by atoms with Crippen molar-refractivity contribution in [2.45, 2.75) is 19.8 Å². The molecular weight excluding hydrogens is 274 g/mol. The summed E-state index contributed by atoms with van der Waals surface area (Å²) in [6, 6.07) is 15.2. The molecule has 0 aromatic heterocycles. The zero-order chi connectivity index (χ0) is 15.4. The Kier molecular flexibility index (Phi) is 4.42. The second kappa shape index (κ2) is 6.65. The molecule has 3 heteroatoms. The zero-order valence-corrected chi connectivity index (χ0v) is 12.9. The molecular formula is C19H21NO2. The Morgan fingerprint density at radius 2 is 1.77 bits per heavy atom. The van der Waals surface area contributed by atoms with Gasteiger partial charge < -0.3 is 9.64 Å². The van der Waals surface area contributed by atoms with Crippen LogP contribution in [-0.4, -0.2) is 25.5 Å². The van der Waals surface area contributed by atoms with Crippen LogP contribution >= 0.6 is 0 Å². The van der Waals surface area contributed by atoms with Gasteiger partial charge in [-0.25, -0.2) is 0 Å². The predicted molar refractivity (Wildman–Crippen MR) is 88.9 cm³/mol. The number of carbonyl (C=O) groups excluding carboxylic acids is 1. The normalized spacial score (nSPS) is 14.1. The average Bonchev–Trinajstić information content (AvgIpc) is 3.10. The van der Waals surface area contributed by atoms with E-state index in [1.54, 1.807) is 0 Å². The minimum atomic E-state index is 0.0593. The molecule has 0 unspecified atom stereocenters. The molecule has 1 aliphatic heterocycles. The van der Waals surface area contributed by atoms with Crippen molar-refractivity contribution in [1.29, 1.82) is 0 Å². The van der Waals surface area contributed by atoms with Crippen molar-refractivity contribution in [3.8, 4) is 5.75 Å². The summed E-state index contributed by atoms with van der Waals surface area (Å²) in [5.41, 5.74) is 2.48. The first kappa shape index (κ1) is 14.6. The fourth-order valence-corrected chi connectivity index (χ4v) is 2.90. The average molecular weight is 295 g/mol. The first-order valence-electron chi connectivity index (χ1n) is 7.91. The van der Waals surface area contributed by atoms with E-state index < -0.39 is 0 Å². The van der Waals surface area contributed by atoms with Crippen LogP contribution in [0.4, 0.5) is 5.69 Å². The molecule has 1 heterocycles. The summed E-state index contributed by atoms with van der Waals surface area (Å²) in [4.78, 5) is 14.9. The van der Waals surface area contributed by atoms with E-state index in [2.05, 4.69) is 4.90 Å². The fraction of sp³-hybridized carbons (Fsp3) is 0.316. The lowest BCUT2D eigenvalue weighted by atomic mass is 10.0. The van der Waals surface area contributed by atoms with E-state index in [0.29, 0.717) is 6.61 Å². The number of benzene rings is 2. The van der Waals surface area contributed by atoms with Gasteiger partial charge in [-0.05, 0) is 38.0 Å². The molecule has 2 aromatic rings. The largest absolute Gasteiger partial charge is 0.492 e. The van der Waals surface area contributed by atoms with Gasteiger partial charge in [0.2, 0.25) is 0 Å². The molecule has 22 heavy (non-hydrogen) atoms. The quantitative estimate of drug-likeness (QED) is 0.783. The van der Waals surface area contributed by atoms with Crippen molar-refractivity contribution in [3.63, 3.8) is 0 Å². The molecule has 1 aliphatic rings. The molecule has 0 spiro atoms. The number of carbonyl (C=O) groups is 1. The van der Waals surface area contributed by atoms with Gasteiger partial charge >= 0.3 is 0 Å². The molecule has 0 amide bonds. The van der Waals surface area contributed by atoms with Gasteiger partial charge in [0.25, 0.3) is 0 Å². The molecule has 1 saturated heterocycles. The molecule has 0 atom stereocenters. The molecule has 0 radical (unpaired) electrons. The van der Waals surface area contributed by atoms with Crippen LogP contribution in [0, 0.1) is 0 Å². The van der Waals surface area contributed by atoms with Crippen LogP contribution in [0.25, 0.3) is 0 Å². The number of rotatable bonds is 5. The number of hydrogen-bond donors (Lipinski definition) is 0.